The first kappa shape index (κ1) is 12.3. The van der Waals surface area contributed by atoms with Gasteiger partial charge < -0.3 is 14.7 Å². The van der Waals surface area contributed by atoms with Gasteiger partial charge in [-0.25, -0.2) is 0 Å². The van der Waals surface area contributed by atoms with Crippen molar-refractivity contribution in [3.63, 3.8) is 0 Å². The summed E-state index contributed by atoms with van der Waals surface area (Å²) >= 11 is 5.97. The van der Waals surface area contributed by atoms with E-state index in [4.69, 9.17) is 16.3 Å². The number of hydrogen-bond acceptors (Lipinski definition) is 3. The Hall–Kier alpha value is -0.770. The number of piperidine rings is 1. The van der Waals surface area contributed by atoms with Crippen LogP contribution < -0.4 is 4.74 Å². The summed E-state index contributed by atoms with van der Waals surface area (Å²) in [6.07, 6.45) is 2.31. The second kappa shape index (κ2) is 4.41. The highest BCUT2D eigenvalue weighted by Gasteiger charge is 2.42. The van der Waals surface area contributed by atoms with Gasteiger partial charge in [0.1, 0.15) is 11.4 Å². The molecule has 2 heterocycles. The van der Waals surface area contributed by atoms with Gasteiger partial charge in [0.05, 0.1) is 6.10 Å². The third-order valence-corrected chi connectivity index (χ3v) is 4.19. The number of ether oxygens (including phenoxy) is 1. The molecule has 2 aliphatic rings. The molecule has 3 rings (SSSR count). The van der Waals surface area contributed by atoms with Crippen LogP contribution in [0.1, 0.15) is 30.9 Å². The number of aliphatic hydroxyl groups excluding tert-OH is 1. The van der Waals surface area contributed by atoms with E-state index in [9.17, 15) is 5.11 Å². The molecule has 0 radical (unpaired) electrons. The van der Waals surface area contributed by atoms with E-state index in [-0.39, 0.29) is 5.60 Å². The summed E-state index contributed by atoms with van der Waals surface area (Å²) in [6.45, 7) is 1.99. The van der Waals surface area contributed by atoms with Crippen molar-refractivity contribution in [2.75, 3.05) is 20.1 Å². The van der Waals surface area contributed by atoms with Gasteiger partial charge in [0.2, 0.25) is 0 Å². The molecule has 1 N–H and O–H groups in total. The summed E-state index contributed by atoms with van der Waals surface area (Å²) in [5.74, 6) is 0.786. The largest absolute Gasteiger partial charge is 0.485 e. The van der Waals surface area contributed by atoms with Crippen molar-refractivity contribution in [1.29, 1.82) is 0 Å². The maximum absolute atomic E-state index is 10.3. The number of likely N-dealkylation sites (tertiary alicyclic amines) is 1. The quantitative estimate of drug-likeness (QED) is 0.784. The van der Waals surface area contributed by atoms with E-state index >= 15 is 0 Å². The van der Waals surface area contributed by atoms with Crippen molar-refractivity contribution in [2.24, 2.45) is 0 Å². The van der Waals surface area contributed by atoms with Crippen LogP contribution in [-0.4, -0.2) is 35.7 Å². The van der Waals surface area contributed by atoms with Crippen LogP contribution in [-0.2, 0) is 0 Å². The Morgan fingerprint density at radius 1 is 1.50 bits per heavy atom. The number of halogens is 1. The Balaban J connectivity index is 1.93. The predicted octanol–water partition coefficient (Wildman–Crippen LogP) is 2.62. The lowest BCUT2D eigenvalue weighted by atomic mass is 9.83. The van der Waals surface area contributed by atoms with Crippen molar-refractivity contribution in [1.82, 2.24) is 4.90 Å². The first-order valence-corrected chi connectivity index (χ1v) is 6.81. The zero-order valence-electron chi connectivity index (χ0n) is 10.5. The summed E-state index contributed by atoms with van der Waals surface area (Å²) in [7, 11) is 2.11. The van der Waals surface area contributed by atoms with Gasteiger partial charge in [-0.3, -0.25) is 0 Å². The Labute approximate surface area is 112 Å². The molecule has 0 saturated carbocycles. The molecule has 3 nitrogen and oxygen atoms in total. The lowest BCUT2D eigenvalue weighted by Crippen LogP contribution is -2.52. The van der Waals surface area contributed by atoms with E-state index in [2.05, 4.69) is 11.9 Å². The Kier molecular flexibility index (Phi) is 3.00. The van der Waals surface area contributed by atoms with Gasteiger partial charge in [0, 0.05) is 23.6 Å². The number of nitrogens with zero attached hydrogens (tertiary/aromatic N) is 1. The average Bonchev–Trinajstić information content (AvgIpc) is 2.30. The minimum absolute atomic E-state index is 0.229. The van der Waals surface area contributed by atoms with Crippen LogP contribution >= 0.6 is 11.6 Å². The van der Waals surface area contributed by atoms with Crippen molar-refractivity contribution in [3.05, 3.63) is 28.8 Å². The van der Waals surface area contributed by atoms with Crippen molar-refractivity contribution in [2.45, 2.75) is 31.0 Å². The number of rotatable bonds is 0. The van der Waals surface area contributed by atoms with Gasteiger partial charge in [-0.05, 0) is 44.6 Å². The van der Waals surface area contributed by atoms with E-state index in [0.717, 1.165) is 37.2 Å². The maximum Gasteiger partial charge on any atom is 0.126 e. The topological polar surface area (TPSA) is 32.7 Å². The smallest absolute Gasteiger partial charge is 0.126 e. The molecule has 0 aliphatic carbocycles. The van der Waals surface area contributed by atoms with Crippen LogP contribution in [0.25, 0.3) is 0 Å². The van der Waals surface area contributed by atoms with Gasteiger partial charge in [-0.1, -0.05) is 11.6 Å². The van der Waals surface area contributed by atoms with Crippen LogP contribution in [0.4, 0.5) is 0 Å². The fraction of sp³-hybridized carbons (Fsp3) is 0.571. The van der Waals surface area contributed by atoms with E-state index in [1.54, 1.807) is 6.07 Å². The molecule has 2 atom stereocenters. The Bertz CT molecular complexity index is 465. The molecule has 0 aromatic heterocycles. The van der Waals surface area contributed by atoms with Crippen LogP contribution in [0.15, 0.2) is 18.2 Å². The molecule has 1 fully saturated rings. The molecule has 18 heavy (non-hydrogen) atoms. The molecule has 98 valence electrons. The second-order valence-corrected chi connectivity index (χ2v) is 5.96. The fourth-order valence-electron chi connectivity index (χ4n) is 3.18. The first-order chi connectivity index (χ1) is 8.58. The summed E-state index contributed by atoms with van der Waals surface area (Å²) in [6, 6.07) is 5.50. The Morgan fingerprint density at radius 2 is 2.33 bits per heavy atom. The standard InChI is InChI=1S/C14H18ClNO2/c1-16-6-2-5-14(9-16)8-12(17)11-7-10(15)3-4-13(11)18-14/h3-4,7,12,17H,2,5-6,8-9H2,1H3/t12-,14?/m1/s1. The lowest BCUT2D eigenvalue weighted by molar-refractivity contribution is -0.0554. The average molecular weight is 268 g/mol. The van der Waals surface area contributed by atoms with E-state index in [1.807, 2.05) is 12.1 Å². The van der Waals surface area contributed by atoms with E-state index < -0.39 is 6.10 Å². The van der Waals surface area contributed by atoms with Gasteiger partial charge in [0.15, 0.2) is 0 Å². The predicted molar refractivity (Wildman–Crippen MR) is 71.1 cm³/mol. The molecule has 4 heteroatoms. The Morgan fingerprint density at radius 3 is 3.11 bits per heavy atom. The minimum Gasteiger partial charge on any atom is -0.485 e. The summed E-state index contributed by atoms with van der Waals surface area (Å²) in [4.78, 5) is 2.27. The van der Waals surface area contributed by atoms with Crippen LogP contribution in [0, 0.1) is 0 Å². The number of benzene rings is 1. The van der Waals surface area contributed by atoms with Crippen LogP contribution in [0.2, 0.25) is 5.02 Å². The molecule has 1 spiro atoms. The fourth-order valence-corrected chi connectivity index (χ4v) is 3.36. The van der Waals surface area contributed by atoms with Crippen LogP contribution in [0.5, 0.6) is 5.75 Å². The molecule has 0 bridgehead atoms. The molecular weight excluding hydrogens is 250 g/mol. The van der Waals surface area contributed by atoms with Gasteiger partial charge in [-0.15, -0.1) is 0 Å². The van der Waals surface area contributed by atoms with Gasteiger partial charge in [-0.2, -0.15) is 0 Å². The number of likely N-dealkylation sites (N-methyl/N-ethyl adjacent to an activating group) is 1. The molecule has 1 unspecified atom stereocenters. The highest BCUT2D eigenvalue weighted by molar-refractivity contribution is 6.30. The van der Waals surface area contributed by atoms with Crippen molar-refractivity contribution >= 4 is 11.6 Å². The first-order valence-electron chi connectivity index (χ1n) is 6.43. The SMILES string of the molecule is CN1CCCC2(C[C@@H](O)c3cc(Cl)ccc3O2)C1. The molecule has 1 aromatic carbocycles. The summed E-state index contributed by atoms with van der Waals surface area (Å²) < 4.78 is 6.20. The minimum atomic E-state index is -0.473. The molecule has 0 amide bonds. The third kappa shape index (κ3) is 2.11. The normalized spacial score (nSPS) is 32.1. The molecule has 2 aliphatic heterocycles. The molecule has 1 aromatic rings. The zero-order chi connectivity index (χ0) is 12.8. The number of hydrogen-bond donors (Lipinski definition) is 1. The van der Waals surface area contributed by atoms with Gasteiger partial charge in [0.25, 0.3) is 0 Å². The van der Waals surface area contributed by atoms with E-state index in [0.29, 0.717) is 11.4 Å². The lowest BCUT2D eigenvalue weighted by Gasteiger charge is -2.45. The van der Waals surface area contributed by atoms with E-state index in [1.165, 1.54) is 0 Å². The van der Waals surface area contributed by atoms with Gasteiger partial charge >= 0.3 is 0 Å². The third-order valence-electron chi connectivity index (χ3n) is 3.95. The summed E-state index contributed by atoms with van der Waals surface area (Å²) in [5.41, 5.74) is 0.592. The monoisotopic (exact) mass is 267 g/mol. The van der Waals surface area contributed by atoms with Crippen molar-refractivity contribution in [3.8, 4) is 5.75 Å². The number of fused-ring (bicyclic) bond motifs is 1. The maximum atomic E-state index is 10.3. The molecule has 1 saturated heterocycles. The zero-order valence-corrected chi connectivity index (χ0v) is 11.3. The van der Waals surface area contributed by atoms with Crippen LogP contribution in [0.3, 0.4) is 0 Å². The van der Waals surface area contributed by atoms with Crippen molar-refractivity contribution < 1.29 is 9.84 Å². The highest BCUT2D eigenvalue weighted by Crippen LogP contribution is 2.43. The molecular formula is C14H18ClNO2. The second-order valence-electron chi connectivity index (χ2n) is 5.53. The summed E-state index contributed by atoms with van der Waals surface area (Å²) in [5, 5.41) is 11.0. The highest BCUT2D eigenvalue weighted by atomic mass is 35.5. The number of aliphatic hydroxyl groups is 1.